The molecule has 0 saturated carbocycles. The highest BCUT2D eigenvalue weighted by molar-refractivity contribution is 5.90. The minimum absolute atomic E-state index is 0.0439. The third-order valence-electron chi connectivity index (χ3n) is 1.69. The number of rotatable bonds is 2. The van der Waals surface area contributed by atoms with Crippen molar-refractivity contribution in [1.29, 1.82) is 0 Å². The Bertz CT molecular complexity index is 170. The standard InChI is InChI=1S/C8H12O2/c1-3-6-5-7(4-2)10-8(6)9/h5,7H,3-4H2,1-2H3. The minimum Gasteiger partial charge on any atom is -0.455 e. The Labute approximate surface area is 60.9 Å². The van der Waals surface area contributed by atoms with Crippen molar-refractivity contribution in [3.8, 4) is 0 Å². The lowest BCUT2D eigenvalue weighted by molar-refractivity contribution is -0.139. The van der Waals surface area contributed by atoms with Crippen molar-refractivity contribution < 1.29 is 9.53 Å². The highest BCUT2D eigenvalue weighted by Gasteiger charge is 2.21. The first kappa shape index (κ1) is 7.32. The molecule has 0 aliphatic carbocycles. The van der Waals surface area contributed by atoms with Crippen LogP contribution in [0.1, 0.15) is 26.7 Å². The topological polar surface area (TPSA) is 26.3 Å². The van der Waals surface area contributed by atoms with Crippen LogP contribution in [0, 0.1) is 0 Å². The predicted octanol–water partition coefficient (Wildman–Crippen LogP) is 1.66. The molecule has 1 atom stereocenters. The second kappa shape index (κ2) is 2.86. The molecule has 0 spiro atoms. The summed E-state index contributed by atoms with van der Waals surface area (Å²) in [6.45, 7) is 3.97. The molecule has 1 heterocycles. The quantitative estimate of drug-likeness (QED) is 0.545. The lowest BCUT2D eigenvalue weighted by Gasteiger charge is -2.01. The van der Waals surface area contributed by atoms with Gasteiger partial charge in [0.1, 0.15) is 6.10 Å². The summed E-state index contributed by atoms with van der Waals surface area (Å²) in [5.41, 5.74) is 0.826. The first-order valence-corrected chi connectivity index (χ1v) is 3.69. The Balaban J connectivity index is 2.63. The highest BCUT2D eigenvalue weighted by Crippen LogP contribution is 2.17. The molecule has 1 unspecified atom stereocenters. The fraction of sp³-hybridized carbons (Fsp3) is 0.625. The van der Waals surface area contributed by atoms with E-state index in [1.807, 2.05) is 19.9 Å². The largest absolute Gasteiger partial charge is 0.455 e. The molecule has 0 aromatic heterocycles. The van der Waals surface area contributed by atoms with Gasteiger partial charge in [-0.3, -0.25) is 0 Å². The predicted molar refractivity (Wildman–Crippen MR) is 38.5 cm³/mol. The first-order chi connectivity index (χ1) is 4.77. The van der Waals surface area contributed by atoms with Gasteiger partial charge in [0.2, 0.25) is 0 Å². The van der Waals surface area contributed by atoms with Gasteiger partial charge >= 0.3 is 5.97 Å². The Morgan fingerprint density at radius 1 is 1.60 bits per heavy atom. The van der Waals surface area contributed by atoms with Gasteiger partial charge in [0.25, 0.3) is 0 Å². The molecule has 2 nitrogen and oxygen atoms in total. The van der Waals surface area contributed by atoms with E-state index in [1.54, 1.807) is 0 Å². The Kier molecular flexibility index (Phi) is 2.10. The molecule has 0 saturated heterocycles. The summed E-state index contributed by atoms with van der Waals surface area (Å²) in [7, 11) is 0. The normalized spacial score (nSPS) is 24.4. The van der Waals surface area contributed by atoms with Gasteiger partial charge in [0.05, 0.1) is 0 Å². The summed E-state index contributed by atoms with van der Waals surface area (Å²) in [6, 6.07) is 0. The summed E-state index contributed by atoms with van der Waals surface area (Å²) in [5, 5.41) is 0. The van der Waals surface area contributed by atoms with E-state index in [0.717, 1.165) is 18.4 Å². The number of hydrogen-bond acceptors (Lipinski definition) is 2. The van der Waals surface area contributed by atoms with Gasteiger partial charge in [-0.15, -0.1) is 0 Å². The number of esters is 1. The molecule has 1 rings (SSSR count). The number of carbonyl (C=O) groups excluding carboxylic acids is 1. The Morgan fingerprint density at radius 3 is 2.60 bits per heavy atom. The van der Waals surface area contributed by atoms with Crippen LogP contribution in [0.3, 0.4) is 0 Å². The Hall–Kier alpha value is -0.790. The molecule has 2 heteroatoms. The maximum Gasteiger partial charge on any atom is 0.334 e. The number of ether oxygens (including phenoxy) is 1. The summed E-state index contributed by atoms with van der Waals surface area (Å²) in [5.74, 6) is -0.130. The smallest absolute Gasteiger partial charge is 0.334 e. The van der Waals surface area contributed by atoms with Crippen LogP contribution in [0.5, 0.6) is 0 Å². The van der Waals surface area contributed by atoms with Crippen molar-refractivity contribution in [2.45, 2.75) is 32.8 Å². The molecule has 1 aliphatic heterocycles. The third kappa shape index (κ3) is 1.20. The Morgan fingerprint density at radius 2 is 2.30 bits per heavy atom. The second-order valence-corrected chi connectivity index (χ2v) is 2.40. The zero-order valence-electron chi connectivity index (χ0n) is 6.39. The third-order valence-corrected chi connectivity index (χ3v) is 1.69. The summed E-state index contributed by atoms with van der Waals surface area (Å²) in [4.78, 5) is 10.9. The van der Waals surface area contributed by atoms with Gasteiger partial charge in [-0.25, -0.2) is 4.79 Å². The van der Waals surface area contributed by atoms with E-state index < -0.39 is 0 Å². The summed E-state index contributed by atoms with van der Waals surface area (Å²) < 4.78 is 4.98. The van der Waals surface area contributed by atoms with Gasteiger partial charge < -0.3 is 4.74 Å². The molecule has 0 N–H and O–H groups in total. The molecular weight excluding hydrogens is 128 g/mol. The first-order valence-electron chi connectivity index (χ1n) is 3.69. The highest BCUT2D eigenvalue weighted by atomic mass is 16.5. The van der Waals surface area contributed by atoms with Gasteiger partial charge in [0.15, 0.2) is 0 Å². The summed E-state index contributed by atoms with van der Waals surface area (Å²) in [6.07, 6.45) is 3.63. The van der Waals surface area contributed by atoms with E-state index in [2.05, 4.69) is 0 Å². The molecule has 56 valence electrons. The van der Waals surface area contributed by atoms with Gasteiger partial charge in [-0.1, -0.05) is 13.8 Å². The number of carbonyl (C=O) groups is 1. The second-order valence-electron chi connectivity index (χ2n) is 2.40. The van der Waals surface area contributed by atoms with E-state index >= 15 is 0 Å². The van der Waals surface area contributed by atoms with Crippen molar-refractivity contribution in [2.75, 3.05) is 0 Å². The molecule has 0 bridgehead atoms. The average Bonchev–Trinajstić information content (AvgIpc) is 2.30. The maximum atomic E-state index is 10.9. The van der Waals surface area contributed by atoms with Crippen LogP contribution in [-0.4, -0.2) is 12.1 Å². The van der Waals surface area contributed by atoms with Crippen LogP contribution in [0.4, 0.5) is 0 Å². The minimum atomic E-state index is -0.130. The van der Waals surface area contributed by atoms with E-state index in [1.165, 1.54) is 0 Å². The maximum absolute atomic E-state index is 10.9. The monoisotopic (exact) mass is 140 g/mol. The van der Waals surface area contributed by atoms with Crippen molar-refractivity contribution in [2.24, 2.45) is 0 Å². The van der Waals surface area contributed by atoms with Gasteiger partial charge in [-0.2, -0.15) is 0 Å². The van der Waals surface area contributed by atoms with Crippen LogP contribution in [0.15, 0.2) is 11.6 Å². The number of hydrogen-bond donors (Lipinski definition) is 0. The van der Waals surface area contributed by atoms with Crippen molar-refractivity contribution in [3.63, 3.8) is 0 Å². The fourth-order valence-corrected chi connectivity index (χ4v) is 1.00. The molecule has 0 aromatic rings. The lowest BCUT2D eigenvalue weighted by atomic mass is 10.2. The SMILES string of the molecule is CCC1=CC(CC)OC1=O. The molecule has 0 fully saturated rings. The zero-order valence-corrected chi connectivity index (χ0v) is 6.39. The van der Waals surface area contributed by atoms with E-state index in [-0.39, 0.29) is 12.1 Å². The molecule has 0 amide bonds. The molecule has 0 radical (unpaired) electrons. The average molecular weight is 140 g/mol. The van der Waals surface area contributed by atoms with Crippen LogP contribution in [-0.2, 0) is 9.53 Å². The zero-order chi connectivity index (χ0) is 7.56. The number of cyclic esters (lactones) is 1. The molecular formula is C8H12O2. The lowest BCUT2D eigenvalue weighted by Crippen LogP contribution is -2.06. The van der Waals surface area contributed by atoms with Crippen molar-refractivity contribution in [3.05, 3.63) is 11.6 Å². The van der Waals surface area contributed by atoms with Gasteiger partial charge in [-0.05, 0) is 18.9 Å². The van der Waals surface area contributed by atoms with E-state index in [0.29, 0.717) is 0 Å². The van der Waals surface area contributed by atoms with E-state index in [9.17, 15) is 4.79 Å². The van der Waals surface area contributed by atoms with Crippen molar-refractivity contribution >= 4 is 5.97 Å². The van der Waals surface area contributed by atoms with Crippen LogP contribution >= 0.6 is 0 Å². The van der Waals surface area contributed by atoms with Crippen LogP contribution in [0.2, 0.25) is 0 Å². The van der Waals surface area contributed by atoms with Crippen LogP contribution < -0.4 is 0 Å². The van der Waals surface area contributed by atoms with E-state index in [4.69, 9.17) is 4.74 Å². The summed E-state index contributed by atoms with van der Waals surface area (Å²) >= 11 is 0. The fourth-order valence-electron chi connectivity index (χ4n) is 1.00. The van der Waals surface area contributed by atoms with Crippen molar-refractivity contribution in [1.82, 2.24) is 0 Å². The van der Waals surface area contributed by atoms with Gasteiger partial charge in [0, 0.05) is 5.57 Å². The molecule has 10 heavy (non-hydrogen) atoms. The van der Waals surface area contributed by atoms with Crippen LogP contribution in [0.25, 0.3) is 0 Å². The molecule has 1 aliphatic rings. The molecule has 0 aromatic carbocycles.